The molecule has 0 saturated heterocycles. The van der Waals surface area contributed by atoms with Gasteiger partial charge in [-0.05, 0) is 64.2 Å². The standard InChI is InChI=1S/C50H89NO3/c1-3-5-7-9-10-11-12-13-14-15-16-17-18-19-20-21-22-23-24-25-26-27-28-29-30-31-32-33-34-35-36-37-38-39-40-42-44-46-50(54)51-48(47-52)49(53)45-43-41-8-6-4-2/h5,7,10-11,13-14,16-17,19-20,22-23,48-49,52-53H,3-4,6,8-9,12,15,18,21,24-47H2,1-2H3,(H,51,54)/b7-5-,11-10-,14-13-,17-16-,20-19-,23-22-. The third-order valence-electron chi connectivity index (χ3n) is 10.2. The Morgan fingerprint density at radius 2 is 0.815 bits per heavy atom. The lowest BCUT2D eigenvalue weighted by atomic mass is 10.0. The van der Waals surface area contributed by atoms with E-state index in [1.807, 2.05) is 0 Å². The predicted molar refractivity (Wildman–Crippen MR) is 239 cm³/mol. The Labute approximate surface area is 336 Å². The lowest BCUT2D eigenvalue weighted by Crippen LogP contribution is -2.45. The Bertz CT molecular complexity index is 946. The van der Waals surface area contributed by atoms with Gasteiger partial charge in [0.05, 0.1) is 18.8 Å². The number of carbonyl (C=O) groups is 1. The molecule has 4 nitrogen and oxygen atoms in total. The van der Waals surface area contributed by atoms with Crippen LogP contribution in [-0.4, -0.2) is 34.9 Å². The second kappa shape index (κ2) is 45.2. The van der Waals surface area contributed by atoms with Crippen molar-refractivity contribution in [2.45, 2.75) is 231 Å². The molecule has 54 heavy (non-hydrogen) atoms. The molecule has 4 heteroatoms. The van der Waals surface area contributed by atoms with Crippen LogP contribution >= 0.6 is 0 Å². The van der Waals surface area contributed by atoms with Crippen LogP contribution in [0.15, 0.2) is 72.9 Å². The van der Waals surface area contributed by atoms with Crippen LogP contribution in [-0.2, 0) is 4.79 Å². The summed E-state index contributed by atoms with van der Waals surface area (Å²) in [5.41, 5.74) is 0. The fraction of sp³-hybridized carbons (Fsp3) is 0.740. The lowest BCUT2D eigenvalue weighted by molar-refractivity contribution is -0.123. The number of unbranched alkanes of at least 4 members (excludes halogenated alkanes) is 22. The van der Waals surface area contributed by atoms with E-state index < -0.39 is 12.1 Å². The van der Waals surface area contributed by atoms with Gasteiger partial charge in [-0.3, -0.25) is 4.79 Å². The van der Waals surface area contributed by atoms with Gasteiger partial charge in [0.2, 0.25) is 5.91 Å². The topological polar surface area (TPSA) is 69.6 Å². The highest BCUT2D eigenvalue weighted by atomic mass is 16.3. The lowest BCUT2D eigenvalue weighted by Gasteiger charge is -2.22. The molecule has 0 rings (SSSR count). The summed E-state index contributed by atoms with van der Waals surface area (Å²) in [5, 5.41) is 22.8. The van der Waals surface area contributed by atoms with Crippen LogP contribution in [0.2, 0.25) is 0 Å². The smallest absolute Gasteiger partial charge is 0.220 e. The zero-order valence-electron chi connectivity index (χ0n) is 35.7. The molecule has 1 amide bonds. The molecule has 0 aliphatic carbocycles. The molecule has 312 valence electrons. The van der Waals surface area contributed by atoms with Crippen molar-refractivity contribution in [3.63, 3.8) is 0 Å². The zero-order chi connectivity index (χ0) is 39.3. The van der Waals surface area contributed by atoms with E-state index in [0.29, 0.717) is 12.8 Å². The monoisotopic (exact) mass is 752 g/mol. The fourth-order valence-corrected chi connectivity index (χ4v) is 6.72. The molecule has 0 aliphatic heterocycles. The molecule has 2 unspecified atom stereocenters. The number of hydrogen-bond acceptors (Lipinski definition) is 3. The molecule has 0 aromatic rings. The number of rotatable bonds is 41. The van der Waals surface area contributed by atoms with Crippen LogP contribution in [0.3, 0.4) is 0 Å². The Kier molecular flexibility index (Phi) is 43.4. The number of allylic oxidation sites excluding steroid dienone is 12. The van der Waals surface area contributed by atoms with Crippen LogP contribution in [0.1, 0.15) is 219 Å². The van der Waals surface area contributed by atoms with Gasteiger partial charge in [0, 0.05) is 6.42 Å². The number of nitrogens with one attached hydrogen (secondary N) is 1. The molecule has 3 N–H and O–H groups in total. The number of aliphatic hydroxyl groups is 2. The first kappa shape index (κ1) is 51.8. The minimum Gasteiger partial charge on any atom is -0.394 e. The van der Waals surface area contributed by atoms with E-state index in [1.165, 1.54) is 128 Å². The molecule has 0 bridgehead atoms. The second-order valence-electron chi connectivity index (χ2n) is 15.4. The third-order valence-corrected chi connectivity index (χ3v) is 10.2. The van der Waals surface area contributed by atoms with E-state index >= 15 is 0 Å². The Morgan fingerprint density at radius 3 is 1.22 bits per heavy atom. The summed E-state index contributed by atoms with van der Waals surface area (Å²) in [6.45, 7) is 4.16. The van der Waals surface area contributed by atoms with Gasteiger partial charge in [0.1, 0.15) is 0 Å². The quantitative estimate of drug-likeness (QED) is 0.0430. The minimum absolute atomic E-state index is 0.0394. The van der Waals surface area contributed by atoms with Crippen LogP contribution in [0.4, 0.5) is 0 Å². The van der Waals surface area contributed by atoms with Crippen molar-refractivity contribution in [2.24, 2.45) is 0 Å². The van der Waals surface area contributed by atoms with E-state index in [2.05, 4.69) is 92.1 Å². The largest absolute Gasteiger partial charge is 0.394 e. The van der Waals surface area contributed by atoms with Crippen LogP contribution in [0, 0.1) is 0 Å². The van der Waals surface area contributed by atoms with Gasteiger partial charge in [-0.2, -0.15) is 0 Å². The number of hydrogen-bond donors (Lipinski definition) is 3. The normalized spacial score (nSPS) is 13.6. The van der Waals surface area contributed by atoms with Crippen LogP contribution in [0.5, 0.6) is 0 Å². The van der Waals surface area contributed by atoms with Crippen molar-refractivity contribution in [1.82, 2.24) is 5.32 Å². The molecule has 0 spiro atoms. The van der Waals surface area contributed by atoms with Crippen LogP contribution in [0.25, 0.3) is 0 Å². The van der Waals surface area contributed by atoms with Crippen molar-refractivity contribution in [2.75, 3.05) is 6.61 Å². The predicted octanol–water partition coefficient (Wildman–Crippen LogP) is 14.7. The van der Waals surface area contributed by atoms with Crippen molar-refractivity contribution in [3.05, 3.63) is 72.9 Å². The maximum atomic E-state index is 12.3. The average Bonchev–Trinajstić information content (AvgIpc) is 3.18. The Balaban J connectivity index is 3.40. The maximum Gasteiger partial charge on any atom is 0.220 e. The van der Waals surface area contributed by atoms with Crippen LogP contribution < -0.4 is 5.32 Å². The molecule has 2 atom stereocenters. The van der Waals surface area contributed by atoms with Crippen molar-refractivity contribution < 1.29 is 15.0 Å². The first-order chi connectivity index (χ1) is 26.7. The Hall–Kier alpha value is -2.17. The van der Waals surface area contributed by atoms with Gasteiger partial charge >= 0.3 is 0 Å². The van der Waals surface area contributed by atoms with Gasteiger partial charge < -0.3 is 15.5 Å². The first-order valence-corrected chi connectivity index (χ1v) is 23.1. The highest BCUT2D eigenvalue weighted by Gasteiger charge is 2.19. The number of aliphatic hydroxyl groups excluding tert-OH is 2. The van der Waals surface area contributed by atoms with E-state index in [9.17, 15) is 15.0 Å². The summed E-state index contributed by atoms with van der Waals surface area (Å²) in [7, 11) is 0. The average molecular weight is 752 g/mol. The molecule has 0 radical (unpaired) electrons. The van der Waals surface area contributed by atoms with Gasteiger partial charge in [-0.15, -0.1) is 0 Å². The third kappa shape index (κ3) is 41.0. The molecule has 0 saturated carbocycles. The second-order valence-corrected chi connectivity index (χ2v) is 15.4. The summed E-state index contributed by atoms with van der Waals surface area (Å²) in [5.74, 6) is -0.0394. The highest BCUT2D eigenvalue weighted by molar-refractivity contribution is 5.76. The van der Waals surface area contributed by atoms with Crippen molar-refractivity contribution in [1.29, 1.82) is 0 Å². The molecule has 0 aromatic carbocycles. The first-order valence-electron chi connectivity index (χ1n) is 23.1. The van der Waals surface area contributed by atoms with Gasteiger partial charge in [0.25, 0.3) is 0 Å². The fourth-order valence-electron chi connectivity index (χ4n) is 6.72. The molecule has 0 fully saturated rings. The van der Waals surface area contributed by atoms with E-state index in [0.717, 1.165) is 64.2 Å². The summed E-state index contributed by atoms with van der Waals surface area (Å²) < 4.78 is 0. The number of amides is 1. The van der Waals surface area contributed by atoms with E-state index in [1.54, 1.807) is 0 Å². The molecule has 0 aromatic heterocycles. The van der Waals surface area contributed by atoms with Crippen molar-refractivity contribution in [3.8, 4) is 0 Å². The Morgan fingerprint density at radius 1 is 0.463 bits per heavy atom. The maximum absolute atomic E-state index is 12.3. The minimum atomic E-state index is -0.656. The highest BCUT2D eigenvalue weighted by Crippen LogP contribution is 2.15. The van der Waals surface area contributed by atoms with Gasteiger partial charge in [-0.25, -0.2) is 0 Å². The van der Waals surface area contributed by atoms with E-state index in [4.69, 9.17) is 0 Å². The summed E-state index contributed by atoms with van der Waals surface area (Å²) in [6, 6.07) is -0.533. The number of carbonyl (C=O) groups excluding carboxylic acids is 1. The molecular weight excluding hydrogens is 663 g/mol. The molecule has 0 heterocycles. The van der Waals surface area contributed by atoms with Gasteiger partial charge in [-0.1, -0.05) is 222 Å². The SMILES string of the molecule is CC/C=C\C/C=C\C/C=C\C/C=C\C/C=C\C/C=C\CCCCCCCCCCCCCCCCCCCCC(=O)NC(CO)C(O)CCCCCCC. The summed E-state index contributed by atoms with van der Waals surface area (Å²) >= 11 is 0. The zero-order valence-corrected chi connectivity index (χ0v) is 35.7. The van der Waals surface area contributed by atoms with Gasteiger partial charge in [0.15, 0.2) is 0 Å². The molecule has 0 aliphatic rings. The summed E-state index contributed by atoms with van der Waals surface area (Å²) in [4.78, 5) is 12.3. The summed E-state index contributed by atoms with van der Waals surface area (Å²) in [6.07, 6.45) is 64.7. The molecular formula is C50H89NO3. The van der Waals surface area contributed by atoms with Crippen molar-refractivity contribution >= 4 is 5.91 Å². The van der Waals surface area contributed by atoms with E-state index in [-0.39, 0.29) is 12.5 Å².